The first-order valence-corrected chi connectivity index (χ1v) is 3.24. The summed E-state index contributed by atoms with van der Waals surface area (Å²) in [6.07, 6.45) is 1.78. The molecule has 0 aromatic carbocycles. The van der Waals surface area contributed by atoms with Crippen LogP contribution in [-0.2, 0) is 9.59 Å². The molecular weight excluding hydrogens is 116 g/mol. The van der Waals surface area contributed by atoms with Crippen LogP contribution in [0.15, 0.2) is 0 Å². The number of fused-ring (bicyclic) bond motifs is 1. The van der Waals surface area contributed by atoms with Gasteiger partial charge >= 0.3 is 0 Å². The van der Waals surface area contributed by atoms with Crippen molar-refractivity contribution < 1.29 is 9.59 Å². The molecule has 0 aliphatic heterocycles. The van der Waals surface area contributed by atoms with Crippen molar-refractivity contribution in [1.29, 1.82) is 0 Å². The number of Topliss-reactive ketones (excluding diaryl/α,β-unsaturated/α-hetero) is 1. The number of aldehydes is 1. The Labute approximate surface area is 53.2 Å². The zero-order valence-electron chi connectivity index (χ0n) is 5.26. The first kappa shape index (κ1) is 5.15. The second-order valence-corrected chi connectivity index (χ2v) is 3.10. The fraction of sp³-hybridized carbons (Fsp3) is 0.714. The number of carbonyl (C=O) groups is 2. The Kier molecular flexibility index (Phi) is 0.632. The highest BCUT2D eigenvalue weighted by atomic mass is 16.2. The summed E-state index contributed by atoms with van der Waals surface area (Å²) >= 11 is 0. The lowest BCUT2D eigenvalue weighted by Crippen LogP contribution is -2.27. The maximum absolute atomic E-state index is 10.8. The molecule has 0 aromatic rings. The lowest BCUT2D eigenvalue weighted by Gasteiger charge is -2.24. The molecule has 0 amide bonds. The van der Waals surface area contributed by atoms with Crippen LogP contribution in [0.5, 0.6) is 0 Å². The van der Waals surface area contributed by atoms with Crippen molar-refractivity contribution in [3.05, 3.63) is 0 Å². The predicted molar refractivity (Wildman–Crippen MR) is 30.8 cm³/mol. The van der Waals surface area contributed by atoms with E-state index in [-0.39, 0.29) is 11.7 Å². The molecule has 0 saturated heterocycles. The predicted octanol–water partition coefficient (Wildman–Crippen LogP) is 0.410. The Morgan fingerprint density at radius 1 is 1.78 bits per heavy atom. The van der Waals surface area contributed by atoms with E-state index in [9.17, 15) is 9.59 Å². The van der Waals surface area contributed by atoms with E-state index in [0.29, 0.717) is 5.92 Å². The number of hydrogen-bond acceptors (Lipinski definition) is 2. The summed E-state index contributed by atoms with van der Waals surface area (Å²) < 4.78 is 0. The van der Waals surface area contributed by atoms with Gasteiger partial charge in [-0.3, -0.25) is 4.79 Å². The van der Waals surface area contributed by atoms with E-state index in [1.165, 1.54) is 0 Å². The van der Waals surface area contributed by atoms with Gasteiger partial charge in [-0.05, 0) is 12.3 Å². The first-order valence-electron chi connectivity index (χ1n) is 3.24. The Bertz CT molecular complexity index is 197. The molecule has 0 heterocycles. The molecule has 0 radical (unpaired) electrons. The molecule has 0 spiro atoms. The standard InChI is InChI=1S/C7H8O2/c1-4-2-5-6(9)7(4,5)3-8/h3-5H,2H2,1H3. The van der Waals surface area contributed by atoms with E-state index < -0.39 is 5.41 Å². The summed E-state index contributed by atoms with van der Waals surface area (Å²) in [5.74, 6) is 0.641. The minimum atomic E-state index is -0.472. The van der Waals surface area contributed by atoms with E-state index in [1.807, 2.05) is 6.92 Å². The second kappa shape index (κ2) is 1.11. The molecule has 2 aliphatic rings. The zero-order valence-corrected chi connectivity index (χ0v) is 5.26. The topological polar surface area (TPSA) is 34.1 Å². The van der Waals surface area contributed by atoms with Crippen molar-refractivity contribution in [2.75, 3.05) is 0 Å². The smallest absolute Gasteiger partial charge is 0.151 e. The lowest BCUT2D eigenvalue weighted by molar-refractivity contribution is -0.121. The van der Waals surface area contributed by atoms with Gasteiger partial charge in [0.2, 0.25) is 0 Å². The third-order valence-corrected chi connectivity index (χ3v) is 2.84. The number of ketones is 1. The van der Waals surface area contributed by atoms with Crippen molar-refractivity contribution in [2.45, 2.75) is 13.3 Å². The van der Waals surface area contributed by atoms with E-state index >= 15 is 0 Å². The van der Waals surface area contributed by atoms with Crippen LogP contribution in [0.25, 0.3) is 0 Å². The number of carbonyl (C=O) groups excluding carboxylic acids is 2. The third-order valence-electron chi connectivity index (χ3n) is 2.84. The molecule has 2 fully saturated rings. The zero-order chi connectivity index (χ0) is 6.65. The largest absolute Gasteiger partial charge is 0.302 e. The van der Waals surface area contributed by atoms with Gasteiger partial charge in [0.1, 0.15) is 6.29 Å². The summed E-state index contributed by atoms with van der Waals surface area (Å²) in [6, 6.07) is 0. The average molecular weight is 124 g/mol. The average Bonchev–Trinajstić information content (AvgIpc) is 2.30. The fourth-order valence-corrected chi connectivity index (χ4v) is 1.93. The molecule has 48 valence electrons. The van der Waals surface area contributed by atoms with Crippen LogP contribution >= 0.6 is 0 Å². The van der Waals surface area contributed by atoms with Gasteiger partial charge in [-0.2, -0.15) is 0 Å². The number of hydrogen-bond donors (Lipinski definition) is 0. The molecule has 2 saturated carbocycles. The molecule has 2 rings (SSSR count). The van der Waals surface area contributed by atoms with Crippen molar-refractivity contribution in [3.63, 3.8) is 0 Å². The van der Waals surface area contributed by atoms with Crippen LogP contribution in [0.3, 0.4) is 0 Å². The van der Waals surface area contributed by atoms with Gasteiger partial charge in [0, 0.05) is 5.92 Å². The molecule has 0 aromatic heterocycles. The van der Waals surface area contributed by atoms with Crippen LogP contribution in [0.2, 0.25) is 0 Å². The third kappa shape index (κ3) is 0.302. The Balaban J connectivity index is 2.32. The van der Waals surface area contributed by atoms with Gasteiger partial charge in [0.05, 0.1) is 5.41 Å². The lowest BCUT2D eigenvalue weighted by atomic mass is 9.75. The molecule has 3 atom stereocenters. The SMILES string of the molecule is CC1CC2C(=O)C12C=O. The summed E-state index contributed by atoms with van der Waals surface area (Å²) in [7, 11) is 0. The molecular formula is C7H8O2. The molecule has 2 nitrogen and oxygen atoms in total. The highest BCUT2D eigenvalue weighted by molar-refractivity contribution is 6.18. The van der Waals surface area contributed by atoms with Crippen LogP contribution in [-0.4, -0.2) is 12.1 Å². The maximum Gasteiger partial charge on any atom is 0.151 e. The molecule has 3 unspecified atom stereocenters. The molecule has 2 heteroatoms. The van der Waals surface area contributed by atoms with Gasteiger partial charge in [0.15, 0.2) is 5.78 Å². The van der Waals surface area contributed by atoms with E-state index in [1.54, 1.807) is 0 Å². The number of rotatable bonds is 1. The minimum absolute atomic E-state index is 0.130. The Morgan fingerprint density at radius 2 is 2.44 bits per heavy atom. The quantitative estimate of drug-likeness (QED) is 0.375. The Hall–Kier alpha value is -0.660. The minimum Gasteiger partial charge on any atom is -0.302 e. The molecule has 2 aliphatic carbocycles. The van der Waals surface area contributed by atoms with Gasteiger partial charge in [0.25, 0.3) is 0 Å². The fourth-order valence-electron chi connectivity index (χ4n) is 1.93. The normalized spacial score (nSPS) is 53.7. The molecule has 0 N–H and O–H groups in total. The molecule has 0 bridgehead atoms. The van der Waals surface area contributed by atoms with Crippen molar-refractivity contribution in [1.82, 2.24) is 0 Å². The second-order valence-electron chi connectivity index (χ2n) is 3.10. The van der Waals surface area contributed by atoms with Crippen LogP contribution in [0.1, 0.15) is 13.3 Å². The summed E-state index contributed by atoms with van der Waals surface area (Å²) in [6.45, 7) is 1.97. The summed E-state index contributed by atoms with van der Waals surface area (Å²) in [5, 5.41) is 0. The van der Waals surface area contributed by atoms with Crippen LogP contribution < -0.4 is 0 Å². The van der Waals surface area contributed by atoms with E-state index in [2.05, 4.69) is 0 Å². The van der Waals surface area contributed by atoms with Crippen molar-refractivity contribution in [2.24, 2.45) is 17.3 Å². The summed E-state index contributed by atoms with van der Waals surface area (Å²) in [5.41, 5.74) is -0.472. The Morgan fingerprint density at radius 3 is 2.56 bits per heavy atom. The van der Waals surface area contributed by atoms with Gasteiger partial charge in [-0.25, -0.2) is 0 Å². The first-order chi connectivity index (χ1) is 4.23. The monoisotopic (exact) mass is 124 g/mol. The van der Waals surface area contributed by atoms with Gasteiger partial charge < -0.3 is 4.79 Å². The highest BCUT2D eigenvalue weighted by Crippen LogP contribution is 2.65. The summed E-state index contributed by atoms with van der Waals surface area (Å²) in [4.78, 5) is 21.2. The van der Waals surface area contributed by atoms with Crippen LogP contribution in [0, 0.1) is 17.3 Å². The van der Waals surface area contributed by atoms with E-state index in [0.717, 1.165) is 12.7 Å². The highest BCUT2D eigenvalue weighted by Gasteiger charge is 2.75. The van der Waals surface area contributed by atoms with Gasteiger partial charge in [-0.15, -0.1) is 0 Å². The maximum atomic E-state index is 10.8. The van der Waals surface area contributed by atoms with Gasteiger partial charge in [-0.1, -0.05) is 6.92 Å². The van der Waals surface area contributed by atoms with E-state index in [4.69, 9.17) is 0 Å². The molecule has 9 heavy (non-hydrogen) atoms. The van der Waals surface area contributed by atoms with Crippen molar-refractivity contribution in [3.8, 4) is 0 Å². The van der Waals surface area contributed by atoms with Crippen molar-refractivity contribution >= 4 is 12.1 Å². The van der Waals surface area contributed by atoms with Crippen LogP contribution in [0.4, 0.5) is 0 Å².